The summed E-state index contributed by atoms with van der Waals surface area (Å²) in [6.07, 6.45) is 3.91. The molecule has 1 aromatic carbocycles. The average Bonchev–Trinajstić information content (AvgIpc) is 3.25. The first kappa shape index (κ1) is 19.7. The Morgan fingerprint density at radius 2 is 1.72 bits per heavy atom. The molecule has 0 radical (unpaired) electrons. The van der Waals surface area contributed by atoms with Crippen molar-refractivity contribution in [3.8, 4) is 0 Å². The first-order chi connectivity index (χ1) is 14.2. The molecule has 1 amide bonds. The molecule has 3 aromatic rings. The van der Waals surface area contributed by atoms with Crippen LogP contribution >= 0.6 is 0 Å². The van der Waals surface area contributed by atoms with Crippen molar-refractivity contribution in [1.82, 2.24) is 19.2 Å². The van der Waals surface area contributed by atoms with E-state index in [2.05, 4.69) is 10.2 Å². The average molecular weight is 396 g/mol. The minimum absolute atomic E-state index is 0.0142. The Bertz CT molecular complexity index is 1030. The number of fused-ring (bicyclic) bond motifs is 3. The zero-order chi connectivity index (χ0) is 20.1. The minimum atomic E-state index is -0.0142. The van der Waals surface area contributed by atoms with Crippen LogP contribution < -0.4 is 10.9 Å². The van der Waals surface area contributed by atoms with Crippen molar-refractivity contribution in [1.29, 1.82) is 0 Å². The second-order valence-electron chi connectivity index (χ2n) is 7.47. The summed E-state index contributed by atoms with van der Waals surface area (Å²) in [4.78, 5) is 27.4. The van der Waals surface area contributed by atoms with E-state index in [1.807, 2.05) is 47.0 Å². The zero-order valence-corrected chi connectivity index (χ0v) is 16.7. The number of rotatable bonds is 8. The molecule has 29 heavy (non-hydrogen) atoms. The molecule has 1 fully saturated rings. The summed E-state index contributed by atoms with van der Waals surface area (Å²) < 4.78 is 9.06. The van der Waals surface area contributed by atoms with Crippen LogP contribution in [-0.4, -0.2) is 59.2 Å². The predicted octanol–water partition coefficient (Wildman–Crippen LogP) is 1.87. The van der Waals surface area contributed by atoms with E-state index in [4.69, 9.17) is 4.74 Å². The van der Waals surface area contributed by atoms with E-state index < -0.39 is 0 Å². The SMILES string of the molecule is O=C(CCCn1c(=O)c2cccn2c2ccccc21)NCCCN1CCOCC1. The summed E-state index contributed by atoms with van der Waals surface area (Å²) in [5.41, 5.74) is 2.54. The van der Waals surface area contributed by atoms with Gasteiger partial charge in [0.15, 0.2) is 0 Å². The maximum Gasteiger partial charge on any atom is 0.275 e. The van der Waals surface area contributed by atoms with Gasteiger partial charge in [0.25, 0.3) is 5.56 Å². The highest BCUT2D eigenvalue weighted by atomic mass is 16.5. The lowest BCUT2D eigenvalue weighted by molar-refractivity contribution is -0.121. The number of nitrogens with zero attached hydrogens (tertiary/aromatic N) is 3. The molecule has 1 aliphatic heterocycles. The van der Waals surface area contributed by atoms with Gasteiger partial charge in [0.05, 0.1) is 24.2 Å². The number of ether oxygens (including phenoxy) is 1. The maximum atomic E-state index is 12.9. The Morgan fingerprint density at radius 1 is 0.966 bits per heavy atom. The number of hydrogen-bond donors (Lipinski definition) is 1. The number of aryl methyl sites for hydroxylation is 1. The van der Waals surface area contributed by atoms with Crippen molar-refractivity contribution in [2.45, 2.75) is 25.8 Å². The van der Waals surface area contributed by atoms with Crippen LogP contribution in [0.4, 0.5) is 0 Å². The van der Waals surface area contributed by atoms with E-state index in [0.29, 0.717) is 31.4 Å². The van der Waals surface area contributed by atoms with Gasteiger partial charge < -0.3 is 19.0 Å². The Hall–Kier alpha value is -2.64. The van der Waals surface area contributed by atoms with Gasteiger partial charge >= 0.3 is 0 Å². The van der Waals surface area contributed by atoms with Gasteiger partial charge in [0, 0.05) is 38.8 Å². The van der Waals surface area contributed by atoms with Gasteiger partial charge in [-0.15, -0.1) is 0 Å². The van der Waals surface area contributed by atoms with E-state index in [1.165, 1.54) is 0 Å². The quantitative estimate of drug-likeness (QED) is 0.591. The lowest BCUT2D eigenvalue weighted by atomic mass is 10.2. The Kier molecular flexibility index (Phi) is 6.27. The summed E-state index contributed by atoms with van der Waals surface area (Å²) >= 11 is 0. The highest BCUT2D eigenvalue weighted by Crippen LogP contribution is 2.15. The smallest absolute Gasteiger partial charge is 0.275 e. The van der Waals surface area contributed by atoms with Crippen molar-refractivity contribution in [2.24, 2.45) is 0 Å². The van der Waals surface area contributed by atoms with Crippen LogP contribution in [0, 0.1) is 0 Å². The summed E-state index contributed by atoms with van der Waals surface area (Å²) in [6, 6.07) is 11.6. The second kappa shape index (κ2) is 9.24. The highest BCUT2D eigenvalue weighted by Gasteiger charge is 2.11. The van der Waals surface area contributed by atoms with E-state index in [9.17, 15) is 9.59 Å². The first-order valence-electron chi connectivity index (χ1n) is 10.4. The van der Waals surface area contributed by atoms with Crippen LogP contribution in [-0.2, 0) is 16.1 Å². The third-order valence-electron chi connectivity index (χ3n) is 5.51. The van der Waals surface area contributed by atoms with Crippen LogP contribution in [0.2, 0.25) is 0 Å². The largest absolute Gasteiger partial charge is 0.379 e. The van der Waals surface area contributed by atoms with Crippen LogP contribution in [0.1, 0.15) is 19.3 Å². The van der Waals surface area contributed by atoms with Crippen molar-refractivity contribution in [3.05, 3.63) is 52.9 Å². The number of para-hydroxylation sites is 2. The third-order valence-corrected chi connectivity index (χ3v) is 5.51. The van der Waals surface area contributed by atoms with Crippen molar-refractivity contribution < 1.29 is 9.53 Å². The molecule has 2 aromatic heterocycles. The minimum Gasteiger partial charge on any atom is -0.379 e. The molecule has 0 unspecified atom stereocenters. The monoisotopic (exact) mass is 396 g/mol. The van der Waals surface area contributed by atoms with E-state index in [-0.39, 0.29) is 11.5 Å². The third kappa shape index (κ3) is 4.52. The Morgan fingerprint density at radius 3 is 2.55 bits per heavy atom. The number of carbonyl (C=O) groups is 1. The first-order valence-corrected chi connectivity index (χ1v) is 10.4. The Labute approximate surface area is 169 Å². The molecule has 0 bridgehead atoms. The number of aromatic nitrogens is 2. The Balaban J connectivity index is 1.30. The van der Waals surface area contributed by atoms with Gasteiger partial charge in [-0.3, -0.25) is 14.5 Å². The van der Waals surface area contributed by atoms with Gasteiger partial charge in [-0.05, 0) is 43.7 Å². The van der Waals surface area contributed by atoms with Gasteiger partial charge in [-0.2, -0.15) is 0 Å². The second-order valence-corrected chi connectivity index (χ2v) is 7.47. The molecular weight excluding hydrogens is 368 g/mol. The predicted molar refractivity (Wildman–Crippen MR) is 113 cm³/mol. The maximum absolute atomic E-state index is 12.9. The molecule has 7 heteroatoms. The number of nitrogens with one attached hydrogen (secondary N) is 1. The molecule has 4 rings (SSSR count). The fourth-order valence-corrected chi connectivity index (χ4v) is 3.97. The summed E-state index contributed by atoms with van der Waals surface area (Å²) in [7, 11) is 0. The molecule has 1 aliphatic rings. The van der Waals surface area contributed by atoms with Gasteiger partial charge in [0.1, 0.15) is 5.52 Å². The van der Waals surface area contributed by atoms with E-state index in [1.54, 1.807) is 4.57 Å². The number of morpholine rings is 1. The lowest BCUT2D eigenvalue weighted by Gasteiger charge is -2.26. The van der Waals surface area contributed by atoms with Crippen LogP contribution in [0.25, 0.3) is 16.6 Å². The van der Waals surface area contributed by atoms with Gasteiger partial charge in [-0.25, -0.2) is 0 Å². The molecule has 7 nitrogen and oxygen atoms in total. The molecule has 154 valence electrons. The summed E-state index contributed by atoms with van der Waals surface area (Å²) in [5, 5.41) is 3.00. The zero-order valence-electron chi connectivity index (χ0n) is 16.7. The molecule has 0 spiro atoms. The summed E-state index contributed by atoms with van der Waals surface area (Å²) in [5.74, 6) is 0.0492. The van der Waals surface area contributed by atoms with E-state index >= 15 is 0 Å². The van der Waals surface area contributed by atoms with Gasteiger partial charge in [0.2, 0.25) is 5.91 Å². The fourth-order valence-electron chi connectivity index (χ4n) is 3.97. The number of hydrogen-bond acceptors (Lipinski definition) is 4. The van der Waals surface area contributed by atoms with Crippen LogP contribution in [0.5, 0.6) is 0 Å². The molecule has 1 N–H and O–H groups in total. The molecule has 0 atom stereocenters. The van der Waals surface area contributed by atoms with Crippen LogP contribution in [0.15, 0.2) is 47.4 Å². The number of carbonyl (C=O) groups excluding carboxylic acids is 1. The number of amides is 1. The standard InChI is InChI=1S/C22H28N4O3/c27-21(23-10-5-11-24-14-16-29-17-15-24)9-4-13-26-19-7-2-1-6-18(19)25-12-3-8-20(25)22(26)28/h1-3,6-8,12H,4-5,9-11,13-17H2,(H,23,27). The molecular formula is C22H28N4O3. The topological polar surface area (TPSA) is 68.0 Å². The van der Waals surface area contributed by atoms with Crippen LogP contribution in [0.3, 0.4) is 0 Å². The molecule has 3 heterocycles. The van der Waals surface area contributed by atoms with E-state index in [0.717, 1.165) is 50.3 Å². The van der Waals surface area contributed by atoms with Crippen molar-refractivity contribution >= 4 is 22.5 Å². The van der Waals surface area contributed by atoms with Gasteiger partial charge in [-0.1, -0.05) is 12.1 Å². The van der Waals surface area contributed by atoms with Crippen molar-refractivity contribution in [2.75, 3.05) is 39.4 Å². The normalized spacial score (nSPS) is 15.2. The lowest BCUT2D eigenvalue weighted by Crippen LogP contribution is -2.38. The summed E-state index contributed by atoms with van der Waals surface area (Å²) in [6.45, 7) is 5.76. The molecule has 0 aliphatic carbocycles. The highest BCUT2D eigenvalue weighted by molar-refractivity contribution is 5.79. The van der Waals surface area contributed by atoms with Crippen molar-refractivity contribution in [3.63, 3.8) is 0 Å². The molecule has 1 saturated heterocycles. The molecule has 0 saturated carbocycles. The fraction of sp³-hybridized carbons (Fsp3) is 0.455. The number of benzene rings is 1.